The van der Waals surface area contributed by atoms with E-state index in [0.29, 0.717) is 6.10 Å². The zero-order valence-corrected chi connectivity index (χ0v) is 10.5. The molecule has 0 bridgehead atoms. The summed E-state index contributed by atoms with van der Waals surface area (Å²) in [5.41, 5.74) is 2.52. The van der Waals surface area contributed by atoms with Crippen molar-refractivity contribution in [3.8, 4) is 0 Å². The second kappa shape index (κ2) is 5.84. The minimum absolute atomic E-state index is 0.310. The van der Waals surface area contributed by atoms with Crippen LogP contribution in [0.5, 0.6) is 0 Å². The summed E-state index contributed by atoms with van der Waals surface area (Å²) in [4.78, 5) is 3.22. The fourth-order valence-corrected chi connectivity index (χ4v) is 1.89. The summed E-state index contributed by atoms with van der Waals surface area (Å²) in [7, 11) is 0. The molecule has 1 aromatic heterocycles. The second-order valence-corrected chi connectivity index (χ2v) is 4.45. The average Bonchev–Trinajstić information content (AvgIpc) is 2.77. The second-order valence-electron chi connectivity index (χ2n) is 4.45. The molecular formula is C14H20N2O. The van der Waals surface area contributed by atoms with Crippen molar-refractivity contribution in [2.24, 2.45) is 0 Å². The van der Waals surface area contributed by atoms with Gasteiger partial charge in [-0.3, -0.25) is 0 Å². The molecule has 1 aromatic carbocycles. The van der Waals surface area contributed by atoms with Gasteiger partial charge in [0, 0.05) is 30.2 Å². The predicted octanol–water partition coefficient (Wildman–Crippen LogP) is 2.68. The van der Waals surface area contributed by atoms with Crippen LogP contribution >= 0.6 is 0 Å². The first-order valence-electron chi connectivity index (χ1n) is 6.14. The van der Waals surface area contributed by atoms with Crippen molar-refractivity contribution in [3.05, 3.63) is 36.0 Å². The first-order valence-corrected chi connectivity index (χ1v) is 6.14. The highest BCUT2D eigenvalue weighted by atomic mass is 16.5. The number of hydrogen-bond acceptors (Lipinski definition) is 2. The number of fused-ring (bicyclic) bond motifs is 1. The molecule has 92 valence electrons. The van der Waals surface area contributed by atoms with E-state index in [1.54, 1.807) is 0 Å². The lowest BCUT2D eigenvalue weighted by Gasteiger charge is -2.09. The van der Waals surface area contributed by atoms with Crippen molar-refractivity contribution in [2.45, 2.75) is 26.5 Å². The molecule has 0 aliphatic rings. The van der Waals surface area contributed by atoms with Gasteiger partial charge >= 0.3 is 0 Å². The fourth-order valence-electron chi connectivity index (χ4n) is 1.89. The van der Waals surface area contributed by atoms with Gasteiger partial charge in [-0.1, -0.05) is 12.1 Å². The van der Waals surface area contributed by atoms with Crippen molar-refractivity contribution in [2.75, 3.05) is 13.2 Å². The number of aromatic nitrogens is 1. The molecule has 0 aliphatic carbocycles. The number of H-pyrrole nitrogens is 1. The molecule has 0 amide bonds. The van der Waals surface area contributed by atoms with E-state index in [-0.39, 0.29) is 0 Å². The number of rotatable bonds is 6. The third kappa shape index (κ3) is 3.32. The Morgan fingerprint density at radius 1 is 1.29 bits per heavy atom. The number of benzene rings is 1. The van der Waals surface area contributed by atoms with Gasteiger partial charge < -0.3 is 15.0 Å². The standard InChI is InChI=1S/C14H20N2O/c1-11(2)17-9-8-15-10-12-4-3-5-14-13(12)6-7-16-14/h3-7,11,15-16H,8-10H2,1-2H3. The largest absolute Gasteiger partial charge is 0.377 e. The summed E-state index contributed by atoms with van der Waals surface area (Å²) in [5, 5.41) is 4.70. The van der Waals surface area contributed by atoms with Gasteiger partial charge in [-0.2, -0.15) is 0 Å². The topological polar surface area (TPSA) is 37.0 Å². The molecule has 0 fully saturated rings. The third-order valence-electron chi connectivity index (χ3n) is 2.73. The van der Waals surface area contributed by atoms with Crippen LogP contribution in [0.25, 0.3) is 10.9 Å². The molecule has 3 heteroatoms. The van der Waals surface area contributed by atoms with Gasteiger partial charge in [-0.05, 0) is 31.5 Å². The first-order chi connectivity index (χ1) is 8.27. The molecule has 0 saturated carbocycles. The molecule has 2 aromatic rings. The molecule has 0 atom stereocenters. The molecular weight excluding hydrogens is 212 g/mol. The van der Waals surface area contributed by atoms with Gasteiger partial charge in [-0.15, -0.1) is 0 Å². The summed E-state index contributed by atoms with van der Waals surface area (Å²) in [6, 6.07) is 8.46. The molecule has 0 saturated heterocycles. The maximum atomic E-state index is 5.48. The maximum Gasteiger partial charge on any atom is 0.0594 e. The van der Waals surface area contributed by atoms with Crippen molar-refractivity contribution >= 4 is 10.9 Å². The van der Waals surface area contributed by atoms with E-state index in [4.69, 9.17) is 4.74 Å². The lowest BCUT2D eigenvalue weighted by molar-refractivity contribution is 0.0807. The quantitative estimate of drug-likeness (QED) is 0.751. The molecule has 0 aliphatic heterocycles. The molecule has 17 heavy (non-hydrogen) atoms. The van der Waals surface area contributed by atoms with Gasteiger partial charge in [0.25, 0.3) is 0 Å². The van der Waals surface area contributed by atoms with E-state index in [2.05, 4.69) is 48.4 Å². The Morgan fingerprint density at radius 3 is 3.00 bits per heavy atom. The Bertz CT molecular complexity index is 462. The highest BCUT2D eigenvalue weighted by Gasteiger charge is 2.00. The summed E-state index contributed by atoms with van der Waals surface area (Å²) in [5.74, 6) is 0. The number of nitrogens with one attached hydrogen (secondary N) is 2. The van der Waals surface area contributed by atoms with Crippen LogP contribution in [0.4, 0.5) is 0 Å². The van der Waals surface area contributed by atoms with Gasteiger partial charge in [-0.25, -0.2) is 0 Å². The van der Waals surface area contributed by atoms with Crippen molar-refractivity contribution < 1.29 is 4.74 Å². The van der Waals surface area contributed by atoms with E-state index < -0.39 is 0 Å². The summed E-state index contributed by atoms with van der Waals surface area (Å²) < 4.78 is 5.48. The average molecular weight is 232 g/mol. The number of aromatic amines is 1. The van der Waals surface area contributed by atoms with Crippen molar-refractivity contribution in [1.82, 2.24) is 10.3 Å². The SMILES string of the molecule is CC(C)OCCNCc1cccc2[nH]ccc12. The van der Waals surface area contributed by atoms with Gasteiger partial charge in [0.1, 0.15) is 0 Å². The Balaban J connectivity index is 1.84. The molecule has 0 radical (unpaired) electrons. The Kier molecular flexibility index (Phi) is 4.18. The smallest absolute Gasteiger partial charge is 0.0594 e. The van der Waals surface area contributed by atoms with E-state index in [1.165, 1.54) is 16.5 Å². The normalized spacial score (nSPS) is 11.5. The van der Waals surface area contributed by atoms with Crippen LogP contribution in [0, 0.1) is 0 Å². The van der Waals surface area contributed by atoms with Crippen LogP contribution in [0.1, 0.15) is 19.4 Å². The molecule has 1 heterocycles. The first kappa shape index (κ1) is 12.1. The predicted molar refractivity (Wildman–Crippen MR) is 71.1 cm³/mol. The van der Waals surface area contributed by atoms with E-state index >= 15 is 0 Å². The van der Waals surface area contributed by atoms with Crippen molar-refractivity contribution in [3.63, 3.8) is 0 Å². The Hall–Kier alpha value is -1.32. The summed E-state index contributed by atoms with van der Waals surface area (Å²) in [6.45, 7) is 6.65. The highest BCUT2D eigenvalue weighted by molar-refractivity contribution is 5.82. The minimum atomic E-state index is 0.310. The van der Waals surface area contributed by atoms with Gasteiger partial charge in [0.15, 0.2) is 0 Å². The zero-order chi connectivity index (χ0) is 12.1. The minimum Gasteiger partial charge on any atom is -0.377 e. The molecule has 3 nitrogen and oxygen atoms in total. The molecule has 0 spiro atoms. The Morgan fingerprint density at radius 2 is 2.18 bits per heavy atom. The third-order valence-corrected chi connectivity index (χ3v) is 2.73. The van der Waals surface area contributed by atoms with E-state index in [0.717, 1.165) is 19.7 Å². The summed E-state index contributed by atoms with van der Waals surface area (Å²) >= 11 is 0. The van der Waals surface area contributed by atoms with E-state index in [9.17, 15) is 0 Å². The van der Waals surface area contributed by atoms with Crippen LogP contribution in [0.2, 0.25) is 0 Å². The number of hydrogen-bond donors (Lipinski definition) is 2. The van der Waals surface area contributed by atoms with Crippen LogP contribution in [0.3, 0.4) is 0 Å². The Labute approximate surface area is 102 Å². The van der Waals surface area contributed by atoms with Gasteiger partial charge in [0.05, 0.1) is 12.7 Å². The number of ether oxygens (including phenoxy) is 1. The highest BCUT2D eigenvalue weighted by Crippen LogP contribution is 2.16. The molecule has 2 N–H and O–H groups in total. The summed E-state index contributed by atoms with van der Waals surface area (Å²) in [6.07, 6.45) is 2.29. The fraction of sp³-hybridized carbons (Fsp3) is 0.429. The molecule has 2 rings (SSSR count). The van der Waals surface area contributed by atoms with Crippen LogP contribution in [-0.2, 0) is 11.3 Å². The molecule has 0 unspecified atom stereocenters. The maximum absolute atomic E-state index is 5.48. The lowest BCUT2D eigenvalue weighted by atomic mass is 10.1. The lowest BCUT2D eigenvalue weighted by Crippen LogP contribution is -2.21. The monoisotopic (exact) mass is 232 g/mol. The van der Waals surface area contributed by atoms with E-state index in [1.807, 2.05) is 6.20 Å². The van der Waals surface area contributed by atoms with Crippen LogP contribution in [0.15, 0.2) is 30.5 Å². The van der Waals surface area contributed by atoms with Crippen molar-refractivity contribution in [1.29, 1.82) is 0 Å². The zero-order valence-electron chi connectivity index (χ0n) is 10.5. The van der Waals surface area contributed by atoms with Crippen LogP contribution in [-0.4, -0.2) is 24.2 Å². The van der Waals surface area contributed by atoms with Gasteiger partial charge in [0.2, 0.25) is 0 Å². The van der Waals surface area contributed by atoms with Crippen LogP contribution < -0.4 is 5.32 Å².